The van der Waals surface area contributed by atoms with Crippen molar-refractivity contribution in [3.63, 3.8) is 0 Å². The van der Waals surface area contributed by atoms with Gasteiger partial charge < -0.3 is 9.47 Å². The van der Waals surface area contributed by atoms with E-state index in [0.29, 0.717) is 5.75 Å². The van der Waals surface area contributed by atoms with Crippen molar-refractivity contribution in [2.45, 2.75) is 0 Å². The van der Waals surface area contributed by atoms with Crippen LogP contribution in [0.15, 0.2) is 48.5 Å². The third kappa shape index (κ3) is 3.96. The molecule has 0 heterocycles. The molecule has 0 aliphatic rings. The second-order valence-electron chi connectivity index (χ2n) is 3.90. The molecule has 0 aliphatic carbocycles. The molecule has 0 saturated carbocycles. The van der Waals surface area contributed by atoms with Crippen molar-refractivity contribution in [3.05, 3.63) is 52.1 Å². The normalized spacial score (nSPS) is 10.0. The van der Waals surface area contributed by atoms with Crippen LogP contribution in [0.3, 0.4) is 0 Å². The number of esters is 1. The van der Waals surface area contributed by atoms with E-state index in [-0.39, 0.29) is 12.6 Å². The average Bonchev–Trinajstić information content (AvgIpc) is 2.46. The van der Waals surface area contributed by atoms with Gasteiger partial charge in [-0.3, -0.25) is 0 Å². The topological polar surface area (TPSA) is 35.5 Å². The van der Waals surface area contributed by atoms with Gasteiger partial charge in [0.05, 0.1) is 7.11 Å². The summed E-state index contributed by atoms with van der Waals surface area (Å²) in [7, 11) is 1.34. The SMILES string of the molecule is COC(=O)COc1ccc(-c2ccc(I)cc2)cc1. The van der Waals surface area contributed by atoms with Crippen LogP contribution in [0.4, 0.5) is 0 Å². The first-order chi connectivity index (χ1) is 9.19. The largest absolute Gasteiger partial charge is 0.482 e. The zero-order valence-electron chi connectivity index (χ0n) is 10.4. The molecule has 4 heteroatoms. The maximum absolute atomic E-state index is 11.0. The lowest BCUT2D eigenvalue weighted by Crippen LogP contribution is -2.12. The van der Waals surface area contributed by atoms with E-state index in [4.69, 9.17) is 4.74 Å². The van der Waals surface area contributed by atoms with E-state index in [1.807, 2.05) is 24.3 Å². The Bertz CT molecular complexity index is 547. The molecule has 0 aliphatic heterocycles. The third-order valence-electron chi connectivity index (χ3n) is 2.62. The van der Waals surface area contributed by atoms with Crippen LogP contribution in [0.5, 0.6) is 5.75 Å². The number of ether oxygens (including phenoxy) is 2. The molecule has 0 saturated heterocycles. The fraction of sp³-hybridized carbons (Fsp3) is 0.133. The first-order valence-electron chi connectivity index (χ1n) is 5.74. The Hall–Kier alpha value is -1.56. The van der Waals surface area contributed by atoms with Crippen LogP contribution in [0, 0.1) is 3.57 Å². The Balaban J connectivity index is 2.06. The van der Waals surface area contributed by atoms with Gasteiger partial charge in [-0.05, 0) is 58.0 Å². The van der Waals surface area contributed by atoms with E-state index in [0.717, 1.165) is 11.1 Å². The summed E-state index contributed by atoms with van der Waals surface area (Å²) in [6.07, 6.45) is 0. The standard InChI is InChI=1S/C15H13IO3/c1-18-15(17)10-19-14-8-4-12(5-9-14)11-2-6-13(16)7-3-11/h2-9H,10H2,1H3. The Morgan fingerprint density at radius 1 is 1.00 bits per heavy atom. The number of hydrogen-bond acceptors (Lipinski definition) is 3. The third-order valence-corrected chi connectivity index (χ3v) is 3.34. The maximum Gasteiger partial charge on any atom is 0.343 e. The van der Waals surface area contributed by atoms with Gasteiger partial charge in [0.25, 0.3) is 0 Å². The molecule has 0 radical (unpaired) electrons. The van der Waals surface area contributed by atoms with Gasteiger partial charge in [-0.15, -0.1) is 0 Å². The quantitative estimate of drug-likeness (QED) is 0.612. The maximum atomic E-state index is 11.0. The fourth-order valence-electron chi connectivity index (χ4n) is 1.59. The van der Waals surface area contributed by atoms with Crippen molar-refractivity contribution in [1.29, 1.82) is 0 Å². The number of methoxy groups -OCH3 is 1. The second-order valence-corrected chi connectivity index (χ2v) is 5.14. The van der Waals surface area contributed by atoms with Crippen molar-refractivity contribution >= 4 is 28.6 Å². The summed E-state index contributed by atoms with van der Waals surface area (Å²) in [5.74, 6) is 0.265. The molecule has 0 aromatic heterocycles. The Morgan fingerprint density at radius 2 is 1.53 bits per heavy atom. The molecular weight excluding hydrogens is 355 g/mol. The van der Waals surface area contributed by atoms with E-state index in [2.05, 4.69) is 51.6 Å². The van der Waals surface area contributed by atoms with E-state index in [9.17, 15) is 4.79 Å². The molecule has 0 spiro atoms. The molecule has 0 N–H and O–H groups in total. The molecule has 98 valence electrons. The highest BCUT2D eigenvalue weighted by molar-refractivity contribution is 14.1. The molecule has 3 nitrogen and oxygen atoms in total. The molecule has 2 aromatic carbocycles. The van der Waals surface area contributed by atoms with E-state index in [1.54, 1.807) is 0 Å². The summed E-state index contributed by atoms with van der Waals surface area (Å²) in [6, 6.07) is 15.9. The molecule has 0 fully saturated rings. The number of carbonyl (C=O) groups is 1. The number of rotatable bonds is 4. The minimum atomic E-state index is -0.387. The zero-order chi connectivity index (χ0) is 13.7. The molecule has 2 rings (SSSR count). The summed E-state index contributed by atoms with van der Waals surface area (Å²) in [6.45, 7) is -0.0701. The van der Waals surface area contributed by atoms with Crippen molar-refractivity contribution in [3.8, 4) is 16.9 Å². The van der Waals surface area contributed by atoms with E-state index >= 15 is 0 Å². The number of hydrogen-bond donors (Lipinski definition) is 0. The van der Waals surface area contributed by atoms with Gasteiger partial charge in [-0.25, -0.2) is 4.79 Å². The lowest BCUT2D eigenvalue weighted by molar-refractivity contribution is -0.142. The Labute approximate surface area is 125 Å². The lowest BCUT2D eigenvalue weighted by atomic mass is 10.1. The molecule has 0 bridgehead atoms. The van der Waals surface area contributed by atoms with Crippen molar-refractivity contribution in [2.24, 2.45) is 0 Å². The van der Waals surface area contributed by atoms with Gasteiger partial charge in [0.1, 0.15) is 5.75 Å². The van der Waals surface area contributed by atoms with Gasteiger partial charge in [0, 0.05) is 3.57 Å². The fourth-order valence-corrected chi connectivity index (χ4v) is 1.95. The smallest absolute Gasteiger partial charge is 0.343 e. The predicted molar refractivity (Wildman–Crippen MR) is 82.1 cm³/mol. The van der Waals surface area contributed by atoms with Crippen LogP contribution in [-0.2, 0) is 9.53 Å². The van der Waals surface area contributed by atoms with Crippen LogP contribution in [-0.4, -0.2) is 19.7 Å². The van der Waals surface area contributed by atoms with Crippen LogP contribution >= 0.6 is 22.6 Å². The van der Waals surface area contributed by atoms with Crippen LogP contribution in [0.2, 0.25) is 0 Å². The van der Waals surface area contributed by atoms with Gasteiger partial charge in [-0.2, -0.15) is 0 Å². The summed E-state index contributed by atoms with van der Waals surface area (Å²) < 4.78 is 11.0. The minimum Gasteiger partial charge on any atom is -0.482 e. The number of benzene rings is 2. The molecular formula is C15H13IO3. The molecule has 2 aromatic rings. The van der Waals surface area contributed by atoms with Gasteiger partial charge >= 0.3 is 5.97 Å². The van der Waals surface area contributed by atoms with Gasteiger partial charge in [-0.1, -0.05) is 24.3 Å². The average molecular weight is 368 g/mol. The summed E-state index contributed by atoms with van der Waals surface area (Å²) >= 11 is 2.28. The first kappa shape index (κ1) is 13.9. The predicted octanol–water partition coefficient (Wildman–Crippen LogP) is 3.51. The highest BCUT2D eigenvalue weighted by atomic mass is 127. The molecule has 0 unspecified atom stereocenters. The summed E-state index contributed by atoms with van der Waals surface area (Å²) in [4.78, 5) is 11.0. The summed E-state index contributed by atoms with van der Waals surface area (Å²) in [5, 5.41) is 0. The van der Waals surface area contributed by atoms with Crippen LogP contribution in [0.25, 0.3) is 11.1 Å². The minimum absolute atomic E-state index is 0.0701. The second kappa shape index (κ2) is 6.56. The van der Waals surface area contributed by atoms with Crippen LogP contribution in [0.1, 0.15) is 0 Å². The Morgan fingerprint density at radius 3 is 2.05 bits per heavy atom. The monoisotopic (exact) mass is 368 g/mol. The van der Waals surface area contributed by atoms with Crippen molar-refractivity contribution in [2.75, 3.05) is 13.7 Å². The van der Waals surface area contributed by atoms with E-state index < -0.39 is 0 Å². The number of carbonyl (C=O) groups excluding carboxylic acids is 1. The van der Waals surface area contributed by atoms with Gasteiger partial charge in [0.15, 0.2) is 6.61 Å². The van der Waals surface area contributed by atoms with Crippen molar-refractivity contribution < 1.29 is 14.3 Å². The zero-order valence-corrected chi connectivity index (χ0v) is 12.6. The van der Waals surface area contributed by atoms with Gasteiger partial charge in [0.2, 0.25) is 0 Å². The number of halogens is 1. The molecule has 0 atom stereocenters. The van der Waals surface area contributed by atoms with Crippen molar-refractivity contribution in [1.82, 2.24) is 0 Å². The Kier molecular flexibility index (Phi) is 4.79. The molecule has 0 amide bonds. The summed E-state index contributed by atoms with van der Waals surface area (Å²) in [5.41, 5.74) is 2.27. The lowest BCUT2D eigenvalue weighted by Gasteiger charge is -2.06. The highest BCUT2D eigenvalue weighted by Crippen LogP contribution is 2.23. The first-order valence-corrected chi connectivity index (χ1v) is 6.82. The molecule has 19 heavy (non-hydrogen) atoms. The van der Waals surface area contributed by atoms with E-state index in [1.165, 1.54) is 10.7 Å². The van der Waals surface area contributed by atoms with Crippen LogP contribution < -0.4 is 4.74 Å². The highest BCUT2D eigenvalue weighted by Gasteiger charge is 2.02.